The summed E-state index contributed by atoms with van der Waals surface area (Å²) in [6.45, 7) is 33.7. The molecule has 0 aliphatic carbocycles. The van der Waals surface area contributed by atoms with Gasteiger partial charge in [-0.15, -0.1) is 0 Å². The molecule has 2 heterocycles. The molecule has 5 aromatic carbocycles. The van der Waals surface area contributed by atoms with E-state index >= 15 is 0 Å². The third kappa shape index (κ3) is 8.24. The summed E-state index contributed by atoms with van der Waals surface area (Å²) in [5.41, 5.74) is 14.7. The van der Waals surface area contributed by atoms with Gasteiger partial charge in [-0.3, -0.25) is 4.31 Å². The molecular formula is C54H63N3OS. The first-order valence-corrected chi connectivity index (χ1v) is 21.6. The van der Waals surface area contributed by atoms with Crippen LogP contribution in [0.5, 0.6) is 5.75 Å². The van der Waals surface area contributed by atoms with Crippen molar-refractivity contribution in [2.24, 2.45) is 5.41 Å². The van der Waals surface area contributed by atoms with Crippen molar-refractivity contribution >= 4 is 56.7 Å². The number of hydrogen-bond acceptors (Lipinski definition) is 3. The lowest BCUT2D eigenvalue weighted by atomic mass is 9.84. The van der Waals surface area contributed by atoms with Crippen molar-refractivity contribution in [1.82, 2.24) is 9.13 Å². The van der Waals surface area contributed by atoms with Gasteiger partial charge in [-0.25, -0.2) is 0 Å². The van der Waals surface area contributed by atoms with Gasteiger partial charge in [-0.1, -0.05) is 114 Å². The zero-order chi connectivity index (χ0) is 42.8. The van der Waals surface area contributed by atoms with Crippen molar-refractivity contribution in [3.8, 4) is 17.1 Å². The fourth-order valence-electron chi connectivity index (χ4n) is 8.00. The Balaban J connectivity index is 1.14. The predicted octanol–water partition coefficient (Wildman–Crippen LogP) is 15.6. The topological polar surface area (TPSA) is 22.3 Å². The molecule has 0 atom stereocenters. The molecule has 2 aromatic heterocycles. The second-order valence-corrected chi connectivity index (χ2v) is 21.2. The summed E-state index contributed by atoms with van der Waals surface area (Å²) in [5, 5.41) is 3.85. The Bertz CT molecular complexity index is 2640. The fraction of sp³-hybridized carbons (Fsp3) is 0.333. The highest BCUT2D eigenvalue weighted by Crippen LogP contribution is 2.40. The largest absolute Gasteiger partial charge is 0.405 e. The van der Waals surface area contributed by atoms with Crippen molar-refractivity contribution < 1.29 is 4.18 Å². The van der Waals surface area contributed by atoms with Crippen molar-refractivity contribution in [2.45, 2.75) is 106 Å². The second-order valence-electron chi connectivity index (χ2n) is 20.3. The van der Waals surface area contributed by atoms with Crippen LogP contribution < -0.4 is 8.49 Å². The molecule has 0 saturated heterocycles. The zero-order valence-corrected chi connectivity index (χ0v) is 38.7. The number of anilines is 1. The van der Waals surface area contributed by atoms with Gasteiger partial charge in [0.15, 0.2) is 12.2 Å². The van der Waals surface area contributed by atoms with E-state index < -0.39 is 0 Å². The highest BCUT2D eigenvalue weighted by atomic mass is 32.2. The van der Waals surface area contributed by atoms with E-state index in [0.29, 0.717) is 0 Å². The van der Waals surface area contributed by atoms with Crippen LogP contribution in [0.4, 0.5) is 5.69 Å². The van der Waals surface area contributed by atoms with Crippen LogP contribution in [0.2, 0.25) is 0 Å². The summed E-state index contributed by atoms with van der Waals surface area (Å²) in [6, 6.07) is 38.1. The lowest BCUT2D eigenvalue weighted by Gasteiger charge is -2.21. The Morgan fingerprint density at radius 3 is 1.44 bits per heavy atom. The molecule has 59 heavy (non-hydrogen) atoms. The van der Waals surface area contributed by atoms with Gasteiger partial charge in [0.2, 0.25) is 0 Å². The lowest BCUT2D eigenvalue weighted by molar-refractivity contribution is 0.521. The van der Waals surface area contributed by atoms with Crippen LogP contribution in [0.3, 0.4) is 0 Å². The third-order valence-corrected chi connectivity index (χ3v) is 12.5. The summed E-state index contributed by atoms with van der Waals surface area (Å²) < 4.78 is 13.1. The average Bonchev–Trinajstić information content (AvgIpc) is 3.64. The summed E-state index contributed by atoms with van der Waals surface area (Å²) in [4.78, 5) is 0. The number of rotatable bonds is 8. The molecule has 0 aliphatic rings. The molecule has 0 amide bonds. The van der Waals surface area contributed by atoms with Crippen molar-refractivity contribution in [1.29, 1.82) is 0 Å². The van der Waals surface area contributed by atoms with Crippen LogP contribution in [0.25, 0.3) is 50.2 Å². The Kier molecular flexibility index (Phi) is 10.8. The number of nitrogens with zero attached hydrogens (tertiary/aromatic N) is 3. The van der Waals surface area contributed by atoms with Crippen LogP contribution in [-0.4, -0.2) is 16.2 Å². The van der Waals surface area contributed by atoms with E-state index in [1.165, 1.54) is 78.5 Å². The maximum Gasteiger partial charge on any atom is 0.179 e. The zero-order valence-electron chi connectivity index (χ0n) is 37.8. The summed E-state index contributed by atoms with van der Waals surface area (Å²) >= 11 is 1.33. The van der Waals surface area contributed by atoms with E-state index in [4.69, 9.17) is 4.18 Å². The van der Waals surface area contributed by atoms with E-state index in [2.05, 4.69) is 219 Å². The van der Waals surface area contributed by atoms with E-state index in [1.54, 1.807) is 0 Å². The first-order valence-electron chi connectivity index (χ1n) is 20.9. The molecule has 306 valence electrons. The smallest absolute Gasteiger partial charge is 0.179 e. The Morgan fingerprint density at radius 2 is 1.00 bits per heavy atom. The maximum atomic E-state index is 6.30. The minimum Gasteiger partial charge on any atom is -0.405 e. The van der Waals surface area contributed by atoms with Crippen molar-refractivity contribution in [3.63, 3.8) is 0 Å². The van der Waals surface area contributed by atoms with Crippen LogP contribution in [0.15, 0.2) is 121 Å². The minimum atomic E-state index is -0.0179. The molecule has 0 aliphatic heterocycles. The molecule has 0 fully saturated rings. The monoisotopic (exact) mass is 801 g/mol. The molecule has 7 aromatic rings. The normalized spacial score (nSPS) is 13.2. The number of allylic oxidation sites excluding steroid dienone is 2. The molecule has 0 spiro atoms. The Morgan fingerprint density at radius 1 is 0.576 bits per heavy atom. The standard InChI is InChI=1S/C54H63N3OS/c1-16-36(51(3,4)5)31-44-35(2)56(48-28-17-37(32-45(44)48)52(6,7)8)41-24-26-43(27-25-41)58-59-55(15)40-20-22-42(23-21-40)57-49-29-18-38(53(9,10)11)33-46(49)47-34-39(54(12,13)14)19-30-50(47)57/h16-34H,1H2,2-15H3/b36-31+. The van der Waals surface area contributed by atoms with Gasteiger partial charge >= 0.3 is 0 Å². The van der Waals surface area contributed by atoms with Gasteiger partial charge in [0.1, 0.15) is 5.75 Å². The Hall–Kier alpha value is -5.13. The van der Waals surface area contributed by atoms with E-state index in [9.17, 15) is 0 Å². The van der Waals surface area contributed by atoms with Crippen molar-refractivity contribution in [3.05, 3.63) is 149 Å². The van der Waals surface area contributed by atoms with E-state index in [1.807, 2.05) is 13.1 Å². The molecule has 4 nitrogen and oxygen atoms in total. The summed E-state index contributed by atoms with van der Waals surface area (Å²) in [6.07, 6.45) is 4.33. The van der Waals surface area contributed by atoms with Gasteiger partial charge in [0.05, 0.1) is 16.6 Å². The van der Waals surface area contributed by atoms with Crippen LogP contribution in [0.1, 0.15) is 111 Å². The van der Waals surface area contributed by atoms with E-state index in [0.717, 1.165) is 22.8 Å². The van der Waals surface area contributed by atoms with Crippen LogP contribution >= 0.6 is 12.2 Å². The van der Waals surface area contributed by atoms with Crippen molar-refractivity contribution in [2.75, 3.05) is 11.4 Å². The lowest BCUT2D eigenvalue weighted by Crippen LogP contribution is -2.10. The predicted molar refractivity (Wildman–Crippen MR) is 259 cm³/mol. The molecule has 0 bridgehead atoms. The number of hydrogen-bond donors (Lipinski definition) is 0. The molecule has 5 heteroatoms. The second kappa shape index (κ2) is 15.2. The first-order chi connectivity index (χ1) is 27.6. The van der Waals surface area contributed by atoms with Gasteiger partial charge in [0, 0.05) is 51.5 Å². The van der Waals surface area contributed by atoms with Gasteiger partial charge in [0.25, 0.3) is 0 Å². The van der Waals surface area contributed by atoms with Gasteiger partial charge in [-0.2, -0.15) is 0 Å². The maximum absolute atomic E-state index is 6.30. The quantitative estimate of drug-likeness (QED) is 0.0868. The SMILES string of the molecule is C=C/C(=C\c1c(C)n(-c2ccc(OSN(C)c3ccc(-n4c5ccc(C(C)(C)C)cc5c5cc(C(C)(C)C)ccc54)cc3)cc2)c2ccc(C(C)(C)C)cc12)C(C)(C)C. The van der Waals surface area contributed by atoms with Gasteiger partial charge in [-0.05, 0) is 142 Å². The van der Waals surface area contributed by atoms with Crippen LogP contribution in [-0.2, 0) is 16.2 Å². The molecule has 0 saturated carbocycles. The summed E-state index contributed by atoms with van der Waals surface area (Å²) in [7, 11) is 2.04. The highest BCUT2D eigenvalue weighted by molar-refractivity contribution is 7.96. The average molecular weight is 802 g/mol. The van der Waals surface area contributed by atoms with Gasteiger partial charge < -0.3 is 13.3 Å². The molecule has 0 unspecified atom stereocenters. The number of fused-ring (bicyclic) bond motifs is 4. The fourth-order valence-corrected chi connectivity index (χ4v) is 8.52. The highest BCUT2D eigenvalue weighted by Gasteiger charge is 2.23. The Labute approximate surface area is 357 Å². The van der Waals surface area contributed by atoms with E-state index in [-0.39, 0.29) is 21.7 Å². The molecule has 7 rings (SSSR count). The van der Waals surface area contributed by atoms with Crippen LogP contribution in [0, 0.1) is 12.3 Å². The first kappa shape index (κ1) is 42.0. The number of aromatic nitrogens is 2. The number of benzene rings is 5. The third-order valence-electron chi connectivity index (χ3n) is 11.8. The summed E-state index contributed by atoms with van der Waals surface area (Å²) in [5.74, 6) is 0.794. The molecule has 0 radical (unpaired) electrons. The molecular weight excluding hydrogens is 739 g/mol. The minimum absolute atomic E-state index is 0.0179. The molecule has 0 N–H and O–H groups in total.